The van der Waals surface area contributed by atoms with Crippen LogP contribution in [0, 0.1) is 12.8 Å². The van der Waals surface area contributed by atoms with Crippen LogP contribution in [0.3, 0.4) is 0 Å². The predicted octanol–water partition coefficient (Wildman–Crippen LogP) is 2.43. The molecule has 2 aromatic rings. The molecule has 0 radical (unpaired) electrons. The van der Waals surface area contributed by atoms with E-state index in [0.717, 1.165) is 44.5 Å². The van der Waals surface area contributed by atoms with Gasteiger partial charge in [0, 0.05) is 51.4 Å². The second-order valence-electron chi connectivity index (χ2n) is 7.83. The van der Waals surface area contributed by atoms with Gasteiger partial charge in [-0.1, -0.05) is 5.16 Å². The average molecular weight is 398 g/mol. The number of amides is 2. The van der Waals surface area contributed by atoms with Crippen LogP contribution < -0.4 is 4.74 Å². The van der Waals surface area contributed by atoms with Crippen molar-refractivity contribution in [3.05, 3.63) is 41.5 Å². The molecule has 4 rings (SSSR count). The molecule has 1 aliphatic heterocycles. The van der Waals surface area contributed by atoms with Crippen LogP contribution in [-0.4, -0.2) is 58.0 Å². The Kier molecular flexibility index (Phi) is 5.51. The van der Waals surface area contributed by atoms with E-state index in [1.54, 1.807) is 31.0 Å². The minimum atomic E-state index is -0.120. The molecule has 1 saturated heterocycles. The molecule has 2 heterocycles. The number of hydrogen-bond acceptors (Lipinski definition) is 6. The van der Waals surface area contributed by atoms with Gasteiger partial charge in [-0.05, 0) is 37.1 Å². The van der Waals surface area contributed by atoms with Gasteiger partial charge in [0.2, 0.25) is 11.8 Å². The monoisotopic (exact) mass is 398 g/mol. The Balaban J connectivity index is 1.27. The van der Waals surface area contributed by atoms with E-state index in [-0.39, 0.29) is 24.5 Å². The molecule has 8 nitrogen and oxygen atoms in total. The number of aryl methyl sites for hydroxylation is 1. The summed E-state index contributed by atoms with van der Waals surface area (Å²) in [6.07, 6.45) is 3.87. The zero-order valence-corrected chi connectivity index (χ0v) is 16.8. The number of rotatable bonds is 6. The fourth-order valence-corrected chi connectivity index (χ4v) is 3.56. The number of hydrogen-bond donors (Lipinski definition) is 0. The largest absolute Gasteiger partial charge is 0.490 e. The van der Waals surface area contributed by atoms with Gasteiger partial charge in [-0.25, -0.2) is 0 Å². The molecule has 0 unspecified atom stereocenters. The molecule has 1 saturated carbocycles. The van der Waals surface area contributed by atoms with E-state index in [1.807, 2.05) is 17.0 Å². The standard InChI is InChI=1S/C21H26N4O4/c1-14-22-19(23-29-14)13-24(2)20(26)15-5-7-17(8-6-15)28-18-9-11-25(12-10-18)21(27)16-3-4-16/h5-8,16,18H,3-4,9-13H2,1-2H3. The summed E-state index contributed by atoms with van der Waals surface area (Å²) >= 11 is 0. The molecular weight excluding hydrogens is 372 g/mol. The summed E-state index contributed by atoms with van der Waals surface area (Å²) in [5, 5.41) is 3.82. The Labute approximate surface area is 169 Å². The summed E-state index contributed by atoms with van der Waals surface area (Å²) in [6.45, 7) is 3.52. The number of ether oxygens (including phenoxy) is 1. The van der Waals surface area contributed by atoms with Gasteiger partial charge in [0.15, 0.2) is 5.82 Å². The normalized spacial score (nSPS) is 17.2. The summed E-state index contributed by atoms with van der Waals surface area (Å²) in [7, 11) is 1.70. The number of aromatic nitrogens is 2. The molecule has 1 aromatic heterocycles. The second-order valence-corrected chi connectivity index (χ2v) is 7.83. The Morgan fingerprint density at radius 1 is 1.17 bits per heavy atom. The van der Waals surface area contributed by atoms with Crippen molar-refractivity contribution in [3.8, 4) is 5.75 Å². The van der Waals surface area contributed by atoms with Gasteiger partial charge >= 0.3 is 0 Å². The second kappa shape index (κ2) is 8.23. The number of carbonyl (C=O) groups excluding carboxylic acids is 2. The lowest BCUT2D eigenvalue weighted by Crippen LogP contribution is -2.42. The maximum Gasteiger partial charge on any atom is 0.254 e. The minimum Gasteiger partial charge on any atom is -0.490 e. The van der Waals surface area contributed by atoms with Crippen molar-refractivity contribution < 1.29 is 18.8 Å². The molecule has 2 amide bonds. The molecule has 0 N–H and O–H groups in total. The summed E-state index contributed by atoms with van der Waals surface area (Å²) < 4.78 is 11.0. The van der Waals surface area contributed by atoms with Gasteiger partial charge in [0.05, 0.1) is 6.54 Å². The quantitative estimate of drug-likeness (QED) is 0.743. The van der Waals surface area contributed by atoms with Crippen LogP contribution in [0.15, 0.2) is 28.8 Å². The van der Waals surface area contributed by atoms with Gasteiger partial charge in [-0.3, -0.25) is 9.59 Å². The lowest BCUT2D eigenvalue weighted by molar-refractivity contribution is -0.134. The van der Waals surface area contributed by atoms with E-state index >= 15 is 0 Å². The maximum atomic E-state index is 12.6. The van der Waals surface area contributed by atoms with Crippen molar-refractivity contribution in [2.45, 2.75) is 45.3 Å². The van der Waals surface area contributed by atoms with Crippen LogP contribution in [0.5, 0.6) is 5.75 Å². The third-order valence-electron chi connectivity index (χ3n) is 5.38. The zero-order valence-electron chi connectivity index (χ0n) is 16.8. The highest BCUT2D eigenvalue weighted by molar-refractivity contribution is 5.94. The number of likely N-dealkylation sites (tertiary alicyclic amines) is 1. The molecule has 1 aliphatic carbocycles. The highest BCUT2D eigenvalue weighted by Crippen LogP contribution is 2.32. The molecule has 2 aliphatic rings. The molecule has 0 spiro atoms. The first-order chi connectivity index (χ1) is 14.0. The Morgan fingerprint density at radius 2 is 1.86 bits per heavy atom. The Hall–Kier alpha value is -2.90. The molecule has 0 bridgehead atoms. The smallest absolute Gasteiger partial charge is 0.254 e. The fraction of sp³-hybridized carbons (Fsp3) is 0.524. The molecule has 2 fully saturated rings. The topological polar surface area (TPSA) is 88.8 Å². The number of carbonyl (C=O) groups is 2. The third-order valence-corrected chi connectivity index (χ3v) is 5.38. The van der Waals surface area contributed by atoms with Crippen molar-refractivity contribution in [2.75, 3.05) is 20.1 Å². The number of benzene rings is 1. The highest BCUT2D eigenvalue weighted by atomic mass is 16.5. The maximum absolute atomic E-state index is 12.6. The molecular formula is C21H26N4O4. The van der Waals surface area contributed by atoms with E-state index in [0.29, 0.717) is 23.2 Å². The molecule has 154 valence electrons. The van der Waals surface area contributed by atoms with E-state index in [1.165, 1.54) is 0 Å². The van der Waals surface area contributed by atoms with Crippen LogP contribution in [0.4, 0.5) is 0 Å². The Morgan fingerprint density at radius 3 is 2.45 bits per heavy atom. The number of nitrogens with zero attached hydrogens (tertiary/aromatic N) is 4. The summed E-state index contributed by atoms with van der Waals surface area (Å²) in [6, 6.07) is 7.17. The van der Waals surface area contributed by atoms with Crippen LogP contribution in [-0.2, 0) is 11.3 Å². The highest BCUT2D eigenvalue weighted by Gasteiger charge is 2.35. The van der Waals surface area contributed by atoms with Crippen LogP contribution in [0.2, 0.25) is 0 Å². The SMILES string of the molecule is Cc1nc(CN(C)C(=O)c2ccc(OC3CCN(C(=O)C4CC4)CC3)cc2)no1. The Bertz CT molecular complexity index is 867. The lowest BCUT2D eigenvalue weighted by atomic mass is 10.1. The molecule has 29 heavy (non-hydrogen) atoms. The first kappa shape index (κ1) is 19.4. The van der Waals surface area contributed by atoms with Gasteiger partial charge < -0.3 is 19.1 Å². The van der Waals surface area contributed by atoms with E-state index < -0.39 is 0 Å². The van der Waals surface area contributed by atoms with Crippen molar-refractivity contribution >= 4 is 11.8 Å². The van der Waals surface area contributed by atoms with E-state index in [9.17, 15) is 9.59 Å². The fourth-order valence-electron chi connectivity index (χ4n) is 3.56. The average Bonchev–Trinajstić information content (AvgIpc) is 3.50. The zero-order chi connectivity index (χ0) is 20.4. The van der Waals surface area contributed by atoms with Crippen LogP contribution in [0.1, 0.15) is 47.8 Å². The third kappa shape index (κ3) is 4.75. The first-order valence-corrected chi connectivity index (χ1v) is 10.1. The van der Waals surface area contributed by atoms with Crippen molar-refractivity contribution in [2.24, 2.45) is 5.92 Å². The van der Waals surface area contributed by atoms with Gasteiger partial charge in [-0.15, -0.1) is 0 Å². The lowest BCUT2D eigenvalue weighted by Gasteiger charge is -2.32. The van der Waals surface area contributed by atoms with Gasteiger partial charge in [-0.2, -0.15) is 4.98 Å². The molecule has 0 atom stereocenters. The number of piperidine rings is 1. The van der Waals surface area contributed by atoms with Gasteiger partial charge in [0.1, 0.15) is 11.9 Å². The molecule has 8 heteroatoms. The van der Waals surface area contributed by atoms with Crippen molar-refractivity contribution in [1.82, 2.24) is 19.9 Å². The van der Waals surface area contributed by atoms with E-state index in [4.69, 9.17) is 9.26 Å². The minimum absolute atomic E-state index is 0.101. The summed E-state index contributed by atoms with van der Waals surface area (Å²) in [5.74, 6) is 2.16. The summed E-state index contributed by atoms with van der Waals surface area (Å²) in [5.41, 5.74) is 0.574. The van der Waals surface area contributed by atoms with Crippen molar-refractivity contribution in [1.29, 1.82) is 0 Å². The van der Waals surface area contributed by atoms with E-state index in [2.05, 4.69) is 10.1 Å². The van der Waals surface area contributed by atoms with Crippen LogP contribution >= 0.6 is 0 Å². The molecule has 1 aromatic carbocycles. The summed E-state index contributed by atoms with van der Waals surface area (Å²) in [4.78, 5) is 32.4. The van der Waals surface area contributed by atoms with Crippen molar-refractivity contribution in [3.63, 3.8) is 0 Å². The first-order valence-electron chi connectivity index (χ1n) is 10.1. The van der Waals surface area contributed by atoms with Crippen LogP contribution in [0.25, 0.3) is 0 Å². The predicted molar refractivity (Wildman–Crippen MR) is 104 cm³/mol. The van der Waals surface area contributed by atoms with Gasteiger partial charge in [0.25, 0.3) is 5.91 Å².